The summed E-state index contributed by atoms with van der Waals surface area (Å²) in [5, 5.41) is 11.8. The Kier molecular flexibility index (Phi) is 3.57. The topological polar surface area (TPSA) is 75.3 Å². The lowest BCUT2D eigenvalue weighted by Gasteiger charge is -2.08. The van der Waals surface area contributed by atoms with Gasteiger partial charge in [-0.05, 0) is 30.3 Å². The number of anilines is 2. The van der Waals surface area contributed by atoms with Crippen LogP contribution in [0.2, 0.25) is 5.02 Å². The van der Waals surface area contributed by atoms with Crippen molar-refractivity contribution in [2.24, 2.45) is 0 Å². The summed E-state index contributed by atoms with van der Waals surface area (Å²) in [6.45, 7) is 0. The van der Waals surface area contributed by atoms with Crippen LogP contribution in [0, 0.1) is 5.82 Å². The van der Waals surface area contributed by atoms with Crippen LogP contribution >= 0.6 is 11.6 Å². The third-order valence-electron chi connectivity index (χ3n) is 2.44. The van der Waals surface area contributed by atoms with Crippen LogP contribution in [0.4, 0.5) is 15.8 Å². The number of rotatable bonds is 2. The summed E-state index contributed by atoms with van der Waals surface area (Å²) in [5.41, 5.74) is 6.09. The SMILES string of the molecule is Nc1ccc(Cl)c(NC(=O)c2ccc(O)cc2F)c1. The number of halogens is 2. The van der Waals surface area contributed by atoms with E-state index < -0.39 is 11.7 Å². The smallest absolute Gasteiger partial charge is 0.258 e. The molecule has 2 aromatic carbocycles. The lowest BCUT2D eigenvalue weighted by atomic mass is 10.2. The second-order valence-electron chi connectivity index (χ2n) is 3.86. The quantitative estimate of drug-likeness (QED) is 0.740. The van der Waals surface area contributed by atoms with E-state index in [1.165, 1.54) is 24.3 Å². The molecule has 98 valence electrons. The number of phenols is 1. The average Bonchev–Trinajstić information content (AvgIpc) is 2.33. The molecule has 4 N–H and O–H groups in total. The van der Waals surface area contributed by atoms with Gasteiger partial charge in [0.2, 0.25) is 0 Å². The van der Waals surface area contributed by atoms with E-state index in [1.807, 2.05) is 0 Å². The van der Waals surface area contributed by atoms with Gasteiger partial charge in [0.1, 0.15) is 11.6 Å². The summed E-state index contributed by atoms with van der Waals surface area (Å²) in [4.78, 5) is 11.9. The number of carbonyl (C=O) groups excluding carboxylic acids is 1. The third kappa shape index (κ3) is 2.95. The summed E-state index contributed by atoms with van der Waals surface area (Å²) in [5.74, 6) is -1.75. The van der Waals surface area contributed by atoms with Crippen LogP contribution in [0.1, 0.15) is 10.4 Å². The molecule has 2 aromatic rings. The second kappa shape index (κ2) is 5.16. The predicted octanol–water partition coefficient (Wildman–Crippen LogP) is 3.02. The highest BCUT2D eigenvalue weighted by molar-refractivity contribution is 6.34. The van der Waals surface area contributed by atoms with Crippen LogP contribution in [-0.2, 0) is 0 Å². The maximum absolute atomic E-state index is 13.5. The van der Waals surface area contributed by atoms with Crippen LogP contribution in [0.5, 0.6) is 5.75 Å². The largest absolute Gasteiger partial charge is 0.508 e. The van der Waals surface area contributed by atoms with Crippen molar-refractivity contribution in [1.29, 1.82) is 0 Å². The van der Waals surface area contributed by atoms with Crippen molar-refractivity contribution in [2.75, 3.05) is 11.1 Å². The third-order valence-corrected chi connectivity index (χ3v) is 2.77. The van der Waals surface area contributed by atoms with E-state index in [9.17, 15) is 9.18 Å². The first-order valence-electron chi connectivity index (χ1n) is 5.32. The van der Waals surface area contributed by atoms with Crippen molar-refractivity contribution in [3.63, 3.8) is 0 Å². The first kappa shape index (κ1) is 13.2. The highest BCUT2D eigenvalue weighted by Crippen LogP contribution is 2.25. The van der Waals surface area contributed by atoms with Crippen LogP contribution in [0.25, 0.3) is 0 Å². The van der Waals surface area contributed by atoms with Crippen molar-refractivity contribution in [3.05, 3.63) is 52.8 Å². The van der Waals surface area contributed by atoms with Gasteiger partial charge in [-0.3, -0.25) is 4.79 Å². The highest BCUT2D eigenvalue weighted by atomic mass is 35.5. The molecular weight excluding hydrogens is 271 g/mol. The number of phenolic OH excluding ortho intramolecular Hbond substituents is 1. The molecular formula is C13H10ClFN2O2. The molecule has 0 spiro atoms. The maximum atomic E-state index is 13.5. The van der Waals surface area contributed by atoms with Gasteiger partial charge in [-0.2, -0.15) is 0 Å². The fourth-order valence-corrected chi connectivity index (χ4v) is 1.68. The Bertz CT molecular complexity index is 647. The minimum Gasteiger partial charge on any atom is -0.508 e. The molecule has 1 amide bonds. The van der Waals surface area contributed by atoms with E-state index in [-0.39, 0.29) is 11.3 Å². The standard InChI is InChI=1S/C13H10ClFN2O2/c14-10-4-1-7(16)5-12(10)17-13(19)9-3-2-8(18)6-11(9)15/h1-6,18H,16H2,(H,17,19). The van der Waals surface area contributed by atoms with Crippen LogP contribution in [-0.4, -0.2) is 11.0 Å². The fourth-order valence-electron chi connectivity index (χ4n) is 1.52. The number of amides is 1. The van der Waals surface area contributed by atoms with Crippen LogP contribution in [0.15, 0.2) is 36.4 Å². The fraction of sp³-hybridized carbons (Fsp3) is 0. The molecule has 4 nitrogen and oxygen atoms in total. The zero-order valence-electron chi connectivity index (χ0n) is 9.65. The minimum atomic E-state index is -0.822. The number of nitrogens with two attached hydrogens (primary N) is 1. The zero-order valence-corrected chi connectivity index (χ0v) is 10.4. The Labute approximate surface area is 113 Å². The van der Waals surface area contributed by atoms with Gasteiger partial charge in [0.25, 0.3) is 5.91 Å². The summed E-state index contributed by atoms with van der Waals surface area (Å²) in [6, 6.07) is 7.84. The molecule has 6 heteroatoms. The number of nitrogen functional groups attached to an aromatic ring is 1. The van der Waals surface area contributed by atoms with Gasteiger partial charge in [-0.15, -0.1) is 0 Å². The van der Waals surface area contributed by atoms with E-state index in [0.29, 0.717) is 16.4 Å². The molecule has 0 heterocycles. The Morgan fingerprint density at radius 1 is 1.26 bits per heavy atom. The van der Waals surface area contributed by atoms with Crippen LogP contribution < -0.4 is 11.1 Å². The maximum Gasteiger partial charge on any atom is 0.258 e. The normalized spacial score (nSPS) is 10.2. The Hall–Kier alpha value is -2.27. The Morgan fingerprint density at radius 2 is 2.00 bits per heavy atom. The number of aromatic hydroxyl groups is 1. The molecule has 2 rings (SSSR count). The minimum absolute atomic E-state index is 0.198. The van der Waals surface area contributed by atoms with E-state index in [1.54, 1.807) is 6.07 Å². The number of benzene rings is 2. The molecule has 0 unspecified atom stereocenters. The molecule has 0 aliphatic rings. The predicted molar refractivity (Wildman–Crippen MR) is 71.9 cm³/mol. The van der Waals surface area contributed by atoms with Crippen molar-refractivity contribution in [1.82, 2.24) is 0 Å². The van der Waals surface area contributed by atoms with E-state index in [4.69, 9.17) is 22.4 Å². The van der Waals surface area contributed by atoms with Gasteiger partial charge < -0.3 is 16.2 Å². The highest BCUT2D eigenvalue weighted by Gasteiger charge is 2.13. The molecule has 0 saturated heterocycles. The van der Waals surface area contributed by atoms with E-state index >= 15 is 0 Å². The molecule has 0 aliphatic heterocycles. The summed E-state index contributed by atoms with van der Waals surface area (Å²) in [7, 11) is 0. The lowest BCUT2D eigenvalue weighted by Crippen LogP contribution is -2.14. The Balaban J connectivity index is 2.28. The summed E-state index contributed by atoms with van der Waals surface area (Å²) in [6.07, 6.45) is 0. The zero-order chi connectivity index (χ0) is 14.0. The van der Waals surface area contributed by atoms with Crippen molar-refractivity contribution in [3.8, 4) is 5.75 Å². The summed E-state index contributed by atoms with van der Waals surface area (Å²) >= 11 is 5.89. The van der Waals surface area contributed by atoms with E-state index in [0.717, 1.165) is 6.07 Å². The molecule has 0 bridgehead atoms. The Morgan fingerprint density at radius 3 is 2.68 bits per heavy atom. The molecule has 0 aliphatic carbocycles. The number of hydrogen-bond donors (Lipinski definition) is 3. The van der Waals surface area contributed by atoms with Crippen molar-refractivity contribution in [2.45, 2.75) is 0 Å². The molecule has 0 saturated carbocycles. The first-order valence-corrected chi connectivity index (χ1v) is 5.70. The lowest BCUT2D eigenvalue weighted by molar-refractivity contribution is 0.102. The number of nitrogens with one attached hydrogen (secondary N) is 1. The summed E-state index contributed by atoms with van der Waals surface area (Å²) < 4.78 is 13.5. The van der Waals surface area contributed by atoms with E-state index in [2.05, 4.69) is 5.32 Å². The molecule has 0 fully saturated rings. The van der Waals surface area contributed by atoms with Gasteiger partial charge in [-0.1, -0.05) is 11.6 Å². The van der Waals surface area contributed by atoms with Gasteiger partial charge in [0, 0.05) is 11.8 Å². The average molecular weight is 281 g/mol. The molecule has 19 heavy (non-hydrogen) atoms. The molecule has 0 atom stereocenters. The van der Waals surface area contributed by atoms with Gasteiger partial charge in [-0.25, -0.2) is 4.39 Å². The van der Waals surface area contributed by atoms with Crippen molar-refractivity contribution >= 4 is 28.9 Å². The van der Waals surface area contributed by atoms with Crippen LogP contribution in [0.3, 0.4) is 0 Å². The number of hydrogen-bond acceptors (Lipinski definition) is 3. The van der Waals surface area contributed by atoms with Gasteiger partial charge in [0.15, 0.2) is 0 Å². The van der Waals surface area contributed by atoms with Crippen molar-refractivity contribution < 1.29 is 14.3 Å². The molecule has 0 radical (unpaired) electrons. The number of carbonyl (C=O) groups is 1. The first-order chi connectivity index (χ1) is 8.97. The monoisotopic (exact) mass is 280 g/mol. The second-order valence-corrected chi connectivity index (χ2v) is 4.26. The van der Waals surface area contributed by atoms with Gasteiger partial charge in [0.05, 0.1) is 16.3 Å². The van der Waals surface area contributed by atoms with Gasteiger partial charge >= 0.3 is 0 Å². The molecule has 0 aromatic heterocycles.